The number of hydrogen-bond donors (Lipinski definition) is 0. The fraction of sp³-hybridized carbons (Fsp3) is 0.667. The number of amides is 1. The highest BCUT2D eigenvalue weighted by Crippen LogP contribution is 2.34. The number of anilines is 1. The van der Waals surface area contributed by atoms with E-state index < -0.39 is 17.2 Å². The van der Waals surface area contributed by atoms with Gasteiger partial charge in [-0.3, -0.25) is 0 Å². The summed E-state index contributed by atoms with van der Waals surface area (Å²) >= 11 is 0. The average Bonchev–Trinajstić information content (AvgIpc) is 2.63. The Labute approximate surface area is 160 Å². The van der Waals surface area contributed by atoms with Gasteiger partial charge < -0.3 is 14.5 Å². The molecule has 0 radical (unpaired) electrons. The first-order valence-corrected chi connectivity index (χ1v) is 9.91. The summed E-state index contributed by atoms with van der Waals surface area (Å²) in [5.74, 6) is -0.336. The molecule has 3 rings (SSSR count). The molecule has 0 N–H and O–H groups in total. The van der Waals surface area contributed by atoms with Crippen LogP contribution in [0.15, 0.2) is 18.2 Å². The second-order valence-corrected chi connectivity index (χ2v) is 8.73. The summed E-state index contributed by atoms with van der Waals surface area (Å²) in [5, 5.41) is 0. The Kier molecular flexibility index (Phi) is 5.92. The molecular weight excluding hydrogens is 350 g/mol. The number of carbonyl (C=O) groups excluding carboxylic acids is 1. The summed E-state index contributed by atoms with van der Waals surface area (Å²) < 4.78 is 32.0. The van der Waals surface area contributed by atoms with E-state index in [2.05, 4.69) is 4.90 Å². The lowest BCUT2D eigenvalue weighted by atomic mass is 9.79. The van der Waals surface area contributed by atoms with E-state index in [4.69, 9.17) is 4.74 Å². The lowest BCUT2D eigenvalue weighted by Gasteiger charge is -2.41. The van der Waals surface area contributed by atoms with Crippen molar-refractivity contribution in [3.8, 4) is 0 Å². The highest BCUT2D eigenvalue weighted by Gasteiger charge is 2.32. The topological polar surface area (TPSA) is 32.8 Å². The van der Waals surface area contributed by atoms with Gasteiger partial charge in [-0.1, -0.05) is 0 Å². The van der Waals surface area contributed by atoms with Crippen LogP contribution in [0.3, 0.4) is 0 Å². The molecule has 0 atom stereocenters. The third kappa shape index (κ3) is 5.11. The maximum atomic E-state index is 13.5. The Hall–Kier alpha value is -1.85. The Morgan fingerprint density at radius 2 is 1.52 bits per heavy atom. The number of rotatable bonds is 2. The van der Waals surface area contributed by atoms with E-state index >= 15 is 0 Å². The zero-order chi connectivity index (χ0) is 19.6. The van der Waals surface area contributed by atoms with Crippen LogP contribution in [0.1, 0.15) is 46.5 Å². The first kappa shape index (κ1) is 19.9. The van der Waals surface area contributed by atoms with Crippen molar-refractivity contribution in [1.82, 2.24) is 4.90 Å². The van der Waals surface area contributed by atoms with Crippen LogP contribution >= 0.6 is 0 Å². The van der Waals surface area contributed by atoms with Gasteiger partial charge in [0, 0.05) is 37.9 Å². The second kappa shape index (κ2) is 8.03. The van der Waals surface area contributed by atoms with Gasteiger partial charge in [0.15, 0.2) is 11.6 Å². The minimum Gasteiger partial charge on any atom is -0.444 e. The predicted octanol–water partition coefficient (Wildman–Crippen LogP) is 4.83. The smallest absolute Gasteiger partial charge is 0.410 e. The maximum absolute atomic E-state index is 13.5. The monoisotopic (exact) mass is 380 g/mol. The molecule has 2 heterocycles. The van der Waals surface area contributed by atoms with Crippen LogP contribution in [0.4, 0.5) is 19.3 Å². The molecule has 2 aliphatic heterocycles. The molecular formula is C21H30F2N2O2. The molecule has 1 aromatic carbocycles. The van der Waals surface area contributed by atoms with E-state index in [0.29, 0.717) is 11.8 Å². The fourth-order valence-corrected chi connectivity index (χ4v) is 4.19. The number of nitrogens with zero attached hydrogens (tertiary/aromatic N) is 2. The van der Waals surface area contributed by atoms with Crippen LogP contribution in [-0.2, 0) is 4.74 Å². The lowest BCUT2D eigenvalue weighted by molar-refractivity contribution is 0.0152. The van der Waals surface area contributed by atoms with Gasteiger partial charge in [0.05, 0.1) is 0 Å². The zero-order valence-corrected chi connectivity index (χ0v) is 16.5. The third-order valence-corrected chi connectivity index (χ3v) is 5.67. The van der Waals surface area contributed by atoms with Crippen molar-refractivity contribution in [3.05, 3.63) is 29.8 Å². The van der Waals surface area contributed by atoms with Crippen molar-refractivity contribution in [3.63, 3.8) is 0 Å². The largest absolute Gasteiger partial charge is 0.444 e. The molecule has 4 nitrogen and oxygen atoms in total. The van der Waals surface area contributed by atoms with Crippen molar-refractivity contribution in [2.45, 2.75) is 52.1 Å². The summed E-state index contributed by atoms with van der Waals surface area (Å²) in [6, 6.07) is 4.14. The van der Waals surface area contributed by atoms with Gasteiger partial charge in [0.2, 0.25) is 0 Å². The molecule has 1 amide bonds. The summed E-state index contributed by atoms with van der Waals surface area (Å²) in [6.07, 6.45) is 3.91. The third-order valence-electron chi connectivity index (χ3n) is 5.67. The minimum atomic E-state index is -0.801. The van der Waals surface area contributed by atoms with E-state index in [1.165, 1.54) is 12.1 Å². The molecule has 2 saturated heterocycles. The van der Waals surface area contributed by atoms with Crippen molar-refractivity contribution < 1.29 is 18.3 Å². The molecule has 27 heavy (non-hydrogen) atoms. The number of ether oxygens (including phenoxy) is 1. The summed E-state index contributed by atoms with van der Waals surface area (Å²) in [5.41, 5.74) is 0.299. The van der Waals surface area contributed by atoms with Crippen molar-refractivity contribution in [2.75, 3.05) is 31.1 Å². The zero-order valence-electron chi connectivity index (χ0n) is 16.5. The van der Waals surface area contributed by atoms with Crippen LogP contribution < -0.4 is 4.90 Å². The van der Waals surface area contributed by atoms with Gasteiger partial charge in [-0.15, -0.1) is 0 Å². The van der Waals surface area contributed by atoms with Gasteiger partial charge in [-0.2, -0.15) is 0 Å². The van der Waals surface area contributed by atoms with Gasteiger partial charge in [0.1, 0.15) is 5.60 Å². The number of hydrogen-bond acceptors (Lipinski definition) is 3. The van der Waals surface area contributed by atoms with Crippen LogP contribution in [0.2, 0.25) is 0 Å². The maximum Gasteiger partial charge on any atom is 0.410 e. The van der Waals surface area contributed by atoms with E-state index in [1.807, 2.05) is 25.7 Å². The number of halogens is 2. The number of likely N-dealkylation sites (tertiary alicyclic amines) is 1. The molecule has 0 aliphatic carbocycles. The van der Waals surface area contributed by atoms with Gasteiger partial charge in [-0.25, -0.2) is 13.6 Å². The van der Waals surface area contributed by atoms with Gasteiger partial charge >= 0.3 is 6.09 Å². The van der Waals surface area contributed by atoms with Crippen molar-refractivity contribution >= 4 is 11.8 Å². The van der Waals surface area contributed by atoms with E-state index in [9.17, 15) is 13.6 Å². The normalized spacial score (nSPS) is 20.0. The SMILES string of the molecule is CC(C)(C)OC(=O)N1CCC(C2CCN(c3ccc(F)c(F)c3)CC2)CC1. The summed E-state index contributed by atoms with van der Waals surface area (Å²) in [6.45, 7) is 8.89. The van der Waals surface area contributed by atoms with Gasteiger partial charge in [0.25, 0.3) is 0 Å². The van der Waals surface area contributed by atoms with Crippen LogP contribution in [0.5, 0.6) is 0 Å². The Morgan fingerprint density at radius 3 is 2.04 bits per heavy atom. The van der Waals surface area contributed by atoms with E-state index in [0.717, 1.165) is 57.5 Å². The van der Waals surface area contributed by atoms with Crippen LogP contribution in [0.25, 0.3) is 0 Å². The number of piperidine rings is 2. The Balaban J connectivity index is 1.47. The molecule has 0 unspecified atom stereocenters. The van der Waals surface area contributed by atoms with E-state index in [1.54, 1.807) is 6.07 Å². The second-order valence-electron chi connectivity index (χ2n) is 8.73. The molecule has 1 aromatic rings. The number of benzene rings is 1. The molecule has 0 saturated carbocycles. The van der Waals surface area contributed by atoms with Crippen molar-refractivity contribution in [2.24, 2.45) is 11.8 Å². The molecule has 0 bridgehead atoms. The first-order valence-electron chi connectivity index (χ1n) is 9.91. The highest BCUT2D eigenvalue weighted by molar-refractivity contribution is 5.68. The molecule has 2 aliphatic rings. The Bertz CT molecular complexity index is 659. The molecule has 150 valence electrons. The van der Waals surface area contributed by atoms with Gasteiger partial charge in [-0.05, 0) is 70.4 Å². The van der Waals surface area contributed by atoms with Crippen LogP contribution in [0, 0.1) is 23.5 Å². The molecule has 2 fully saturated rings. The number of carbonyl (C=O) groups is 1. The summed E-state index contributed by atoms with van der Waals surface area (Å²) in [7, 11) is 0. The standard InChI is InChI=1S/C21H30F2N2O2/c1-21(2,3)27-20(26)25-12-8-16(9-13-25)15-6-10-24(11-7-15)17-4-5-18(22)19(23)14-17/h4-5,14-16H,6-13H2,1-3H3. The molecule has 6 heteroatoms. The quantitative estimate of drug-likeness (QED) is 0.737. The molecule has 0 spiro atoms. The average molecular weight is 380 g/mol. The molecule has 0 aromatic heterocycles. The summed E-state index contributed by atoms with van der Waals surface area (Å²) in [4.78, 5) is 16.1. The lowest BCUT2D eigenvalue weighted by Crippen LogP contribution is -2.44. The fourth-order valence-electron chi connectivity index (χ4n) is 4.19. The minimum absolute atomic E-state index is 0.214. The van der Waals surface area contributed by atoms with Crippen molar-refractivity contribution in [1.29, 1.82) is 0 Å². The van der Waals surface area contributed by atoms with E-state index in [-0.39, 0.29) is 6.09 Å². The first-order chi connectivity index (χ1) is 12.7. The highest BCUT2D eigenvalue weighted by atomic mass is 19.2. The predicted molar refractivity (Wildman–Crippen MR) is 102 cm³/mol. The van der Waals surface area contributed by atoms with Crippen LogP contribution in [-0.4, -0.2) is 42.8 Å². The Morgan fingerprint density at radius 1 is 0.963 bits per heavy atom.